The van der Waals surface area contributed by atoms with Crippen molar-refractivity contribution in [1.29, 1.82) is 0 Å². The maximum Gasteiger partial charge on any atom is 0.251 e. The largest absolute Gasteiger partial charge is 0.494 e. The molecule has 1 fully saturated rings. The minimum absolute atomic E-state index is 0.00869. The Balaban J connectivity index is 1.58. The molecule has 2 atom stereocenters. The van der Waals surface area contributed by atoms with Crippen LogP contribution in [0, 0.1) is 24.4 Å². The number of nitrogens with one attached hydrogen (secondary N) is 1. The predicted octanol–water partition coefficient (Wildman–Crippen LogP) is 5.64. The Morgan fingerprint density at radius 1 is 1.12 bits per heavy atom. The highest BCUT2D eigenvalue weighted by molar-refractivity contribution is 5.99. The van der Waals surface area contributed by atoms with Gasteiger partial charge in [0.05, 0.1) is 37.1 Å². The Labute approximate surface area is 239 Å². The minimum Gasteiger partial charge on any atom is -0.494 e. The second-order valence-electron chi connectivity index (χ2n) is 10.9. The van der Waals surface area contributed by atoms with Crippen molar-refractivity contribution in [1.82, 2.24) is 15.5 Å². The summed E-state index contributed by atoms with van der Waals surface area (Å²) in [5.74, 6) is -3.00. The van der Waals surface area contributed by atoms with Crippen molar-refractivity contribution >= 4 is 16.8 Å². The second kappa shape index (κ2) is 11.0. The maximum absolute atomic E-state index is 16.3. The Hall–Kier alpha value is -4.09. The molecule has 42 heavy (non-hydrogen) atoms. The number of aryl methyl sites for hydroxylation is 1. The van der Waals surface area contributed by atoms with Gasteiger partial charge in [0.15, 0.2) is 0 Å². The molecule has 0 radical (unpaired) electrons. The molecule has 0 aliphatic carbocycles. The highest BCUT2D eigenvalue weighted by atomic mass is 19.1. The van der Waals surface area contributed by atoms with Crippen molar-refractivity contribution in [2.24, 2.45) is 0 Å². The molecule has 2 N–H and O–H groups in total. The van der Waals surface area contributed by atoms with Crippen LogP contribution in [0.25, 0.3) is 22.0 Å². The molecular weight excluding hydrogens is 554 g/mol. The van der Waals surface area contributed by atoms with Crippen LogP contribution in [-0.4, -0.2) is 47.6 Å². The molecule has 3 aromatic carbocycles. The predicted molar refractivity (Wildman–Crippen MR) is 147 cm³/mol. The third-order valence-electron chi connectivity index (χ3n) is 7.37. The summed E-state index contributed by atoms with van der Waals surface area (Å²) in [6, 6.07) is 10.4. The number of carbonyl (C=O) groups is 1. The molecule has 1 aliphatic rings. The van der Waals surface area contributed by atoms with Crippen LogP contribution in [0.4, 0.5) is 17.6 Å². The van der Waals surface area contributed by atoms with Crippen molar-refractivity contribution in [3.63, 3.8) is 0 Å². The molecule has 0 saturated carbocycles. The summed E-state index contributed by atoms with van der Waals surface area (Å²) in [6.45, 7) is 3.63. The molecule has 7 nitrogen and oxygen atoms in total. The van der Waals surface area contributed by atoms with Gasteiger partial charge in [0.1, 0.15) is 40.5 Å². The number of halogens is 4. The smallest absolute Gasteiger partial charge is 0.251 e. The summed E-state index contributed by atoms with van der Waals surface area (Å²) in [6.07, 6.45) is -1.85. The third kappa shape index (κ3) is 5.41. The van der Waals surface area contributed by atoms with Crippen LogP contribution in [0.15, 0.2) is 48.5 Å². The Bertz CT molecular complexity index is 1670. The molecule has 4 aromatic rings. The van der Waals surface area contributed by atoms with Gasteiger partial charge < -0.3 is 19.9 Å². The molecule has 220 valence electrons. The molecule has 1 aliphatic heterocycles. The third-order valence-corrected chi connectivity index (χ3v) is 7.37. The van der Waals surface area contributed by atoms with Crippen LogP contribution >= 0.6 is 0 Å². The summed E-state index contributed by atoms with van der Waals surface area (Å²) in [5.41, 5.74) is -3.29. The Morgan fingerprint density at radius 2 is 1.83 bits per heavy atom. The number of carbonyl (C=O) groups excluding carboxylic acids is 1. The molecule has 2 heterocycles. The fourth-order valence-electron chi connectivity index (χ4n) is 5.26. The summed E-state index contributed by atoms with van der Waals surface area (Å²) in [7, 11) is 1.43. The van der Waals surface area contributed by atoms with Crippen LogP contribution in [0.5, 0.6) is 5.75 Å². The molecule has 5 rings (SSSR count). The second-order valence-corrected chi connectivity index (χ2v) is 10.9. The van der Waals surface area contributed by atoms with Crippen LogP contribution in [0.3, 0.4) is 0 Å². The van der Waals surface area contributed by atoms with E-state index in [-0.39, 0.29) is 35.2 Å². The van der Waals surface area contributed by atoms with Gasteiger partial charge in [0, 0.05) is 28.5 Å². The molecular formula is C31H29F4N3O4. The number of methoxy groups -OCH3 is 1. The fourth-order valence-corrected chi connectivity index (χ4v) is 5.26. The maximum atomic E-state index is 16.3. The zero-order chi connectivity index (χ0) is 30.4. The zero-order valence-corrected chi connectivity index (χ0v) is 23.4. The van der Waals surface area contributed by atoms with Crippen molar-refractivity contribution in [3.8, 4) is 16.9 Å². The number of ether oxygens (including phenoxy) is 2. The van der Waals surface area contributed by atoms with Gasteiger partial charge in [-0.3, -0.25) is 4.79 Å². The van der Waals surface area contributed by atoms with E-state index in [1.807, 2.05) is 0 Å². The van der Waals surface area contributed by atoms with E-state index in [4.69, 9.17) is 9.47 Å². The van der Waals surface area contributed by atoms with E-state index < -0.39 is 52.9 Å². The Morgan fingerprint density at radius 3 is 2.45 bits per heavy atom. The number of rotatable bonds is 7. The van der Waals surface area contributed by atoms with E-state index in [1.54, 1.807) is 19.1 Å². The lowest BCUT2D eigenvalue weighted by Gasteiger charge is -2.32. The number of hydrogen-bond acceptors (Lipinski definition) is 6. The van der Waals surface area contributed by atoms with E-state index in [9.17, 15) is 18.7 Å². The monoisotopic (exact) mass is 583 g/mol. The molecule has 1 aromatic heterocycles. The topological polar surface area (TPSA) is 93.6 Å². The van der Waals surface area contributed by atoms with E-state index in [0.717, 1.165) is 18.2 Å². The van der Waals surface area contributed by atoms with E-state index >= 15 is 8.78 Å². The average molecular weight is 584 g/mol. The van der Waals surface area contributed by atoms with Gasteiger partial charge in [0.2, 0.25) is 0 Å². The van der Waals surface area contributed by atoms with Gasteiger partial charge in [-0.1, -0.05) is 12.1 Å². The van der Waals surface area contributed by atoms with E-state index in [0.29, 0.717) is 22.3 Å². The first kappa shape index (κ1) is 29.4. The van der Waals surface area contributed by atoms with E-state index in [2.05, 4.69) is 15.5 Å². The number of fused-ring (bicyclic) bond motifs is 1. The first-order valence-electron chi connectivity index (χ1n) is 13.2. The summed E-state index contributed by atoms with van der Waals surface area (Å²) in [4.78, 5) is 13.4. The number of amides is 1. The lowest BCUT2D eigenvalue weighted by molar-refractivity contribution is -0.00316. The number of nitrogens with zero attached hydrogens (tertiary/aromatic N) is 2. The highest BCUT2D eigenvalue weighted by Gasteiger charge is 2.46. The first-order valence-corrected chi connectivity index (χ1v) is 13.2. The number of aromatic nitrogens is 2. The van der Waals surface area contributed by atoms with Gasteiger partial charge in [-0.25, -0.2) is 17.6 Å². The van der Waals surface area contributed by atoms with Crippen LogP contribution < -0.4 is 10.1 Å². The summed E-state index contributed by atoms with van der Waals surface area (Å²) >= 11 is 0. The standard InChI is InChI=1S/C31H29F4N3O4/c1-16-9-18-10-19(11-24(41-4)28(18)38-37-16)29(39)36-15-31(13-21(33)14-42-31)23-12-22(30(2,3)40)26(34)25(27(23)35)17-5-7-20(32)8-6-17/h5-12,21,40H,13-15H2,1-4H3,(H,36,39)/t21-,31+/m0/s1. The normalized spacial score (nSPS) is 18.8. The molecule has 0 bridgehead atoms. The summed E-state index contributed by atoms with van der Waals surface area (Å²) < 4.78 is 71.6. The van der Waals surface area contributed by atoms with Crippen molar-refractivity contribution in [3.05, 3.63) is 88.4 Å². The quantitative estimate of drug-likeness (QED) is 0.274. The van der Waals surface area contributed by atoms with Gasteiger partial charge in [-0.05, 0) is 62.7 Å². The molecule has 11 heteroatoms. The zero-order valence-electron chi connectivity index (χ0n) is 23.4. The van der Waals surface area contributed by atoms with Crippen LogP contribution in [0.1, 0.15) is 47.4 Å². The van der Waals surface area contributed by atoms with Crippen molar-refractivity contribution < 1.29 is 36.9 Å². The average Bonchev–Trinajstić information content (AvgIpc) is 3.32. The number of aliphatic hydroxyl groups is 1. The summed E-state index contributed by atoms with van der Waals surface area (Å²) in [5, 5.41) is 22.2. The van der Waals surface area contributed by atoms with Crippen molar-refractivity contribution in [2.75, 3.05) is 20.3 Å². The van der Waals surface area contributed by atoms with Gasteiger partial charge in [-0.15, -0.1) is 5.10 Å². The molecule has 0 unspecified atom stereocenters. The molecule has 1 amide bonds. The van der Waals surface area contributed by atoms with Crippen molar-refractivity contribution in [2.45, 2.75) is 44.6 Å². The number of benzene rings is 3. The van der Waals surface area contributed by atoms with Crippen LogP contribution in [0.2, 0.25) is 0 Å². The van der Waals surface area contributed by atoms with Crippen LogP contribution in [-0.2, 0) is 15.9 Å². The highest BCUT2D eigenvalue weighted by Crippen LogP contribution is 2.44. The first-order chi connectivity index (χ1) is 19.8. The molecule has 1 saturated heterocycles. The lowest BCUT2D eigenvalue weighted by Crippen LogP contribution is -2.42. The van der Waals surface area contributed by atoms with Gasteiger partial charge in [-0.2, -0.15) is 5.10 Å². The molecule has 0 spiro atoms. The van der Waals surface area contributed by atoms with Gasteiger partial charge in [0.25, 0.3) is 5.91 Å². The minimum atomic E-state index is -1.78. The fraction of sp³-hybridized carbons (Fsp3) is 0.323. The van der Waals surface area contributed by atoms with Gasteiger partial charge >= 0.3 is 0 Å². The number of alkyl halides is 1. The number of hydrogen-bond donors (Lipinski definition) is 2. The van der Waals surface area contributed by atoms with E-state index in [1.165, 1.54) is 39.2 Å². The Kier molecular flexibility index (Phi) is 7.67. The lowest BCUT2D eigenvalue weighted by atomic mass is 9.82. The SMILES string of the molecule is COc1cc(C(=O)NC[C@@]2(c3cc(C(C)(C)O)c(F)c(-c4ccc(F)cc4)c3F)C[C@H](F)CO2)cc2cc(C)nnc12.